The van der Waals surface area contributed by atoms with Crippen molar-refractivity contribution in [3.8, 4) is 5.75 Å². The van der Waals surface area contributed by atoms with E-state index in [2.05, 4.69) is 28.7 Å². The molecule has 0 unspecified atom stereocenters. The molecule has 0 saturated carbocycles. The standard InChI is InChI=1S/C25H34N4O3.ClH/c1-18(2)32-21-8-7-20(15-19(21)3)22(30)28-13-9-25(10-14-28)16-29(24(4,5)17-31-25)23-26-11-6-12-27-23;/h6-8,11-12,15,18H,9-10,13-14,16-17H2,1-5H3;1H. The van der Waals surface area contributed by atoms with Crippen molar-refractivity contribution in [2.75, 3.05) is 31.1 Å². The van der Waals surface area contributed by atoms with Gasteiger partial charge in [0, 0.05) is 31.0 Å². The molecule has 4 rings (SSSR count). The maximum Gasteiger partial charge on any atom is 0.253 e. The Labute approximate surface area is 202 Å². The van der Waals surface area contributed by atoms with Gasteiger partial charge in [-0.1, -0.05) is 0 Å². The summed E-state index contributed by atoms with van der Waals surface area (Å²) in [5.74, 6) is 1.63. The molecule has 33 heavy (non-hydrogen) atoms. The molecule has 2 aliphatic rings. The Bertz CT molecular complexity index is 959. The van der Waals surface area contributed by atoms with Crippen LogP contribution in [-0.4, -0.2) is 64.3 Å². The first-order valence-electron chi connectivity index (χ1n) is 11.4. The molecule has 0 aliphatic carbocycles. The van der Waals surface area contributed by atoms with Crippen LogP contribution >= 0.6 is 12.4 Å². The zero-order valence-corrected chi connectivity index (χ0v) is 21.0. The number of carbonyl (C=O) groups excluding carboxylic acids is 1. The highest BCUT2D eigenvalue weighted by atomic mass is 35.5. The Balaban J connectivity index is 0.00000306. The van der Waals surface area contributed by atoms with Crippen molar-refractivity contribution >= 4 is 24.3 Å². The van der Waals surface area contributed by atoms with Crippen LogP contribution in [0.25, 0.3) is 0 Å². The SMILES string of the molecule is Cc1cc(C(=O)N2CCC3(CC2)CN(c2ncccn2)C(C)(C)CO3)ccc1OC(C)C.Cl. The largest absolute Gasteiger partial charge is 0.491 e. The van der Waals surface area contributed by atoms with Crippen molar-refractivity contribution in [3.63, 3.8) is 0 Å². The zero-order chi connectivity index (χ0) is 22.9. The number of likely N-dealkylation sites (tertiary alicyclic amines) is 1. The highest BCUT2D eigenvalue weighted by molar-refractivity contribution is 5.94. The lowest BCUT2D eigenvalue weighted by Gasteiger charge is -2.53. The van der Waals surface area contributed by atoms with Crippen LogP contribution in [0.3, 0.4) is 0 Å². The van der Waals surface area contributed by atoms with Gasteiger partial charge < -0.3 is 19.3 Å². The number of piperidine rings is 1. The van der Waals surface area contributed by atoms with Gasteiger partial charge in [0.05, 0.1) is 30.4 Å². The second-order valence-electron chi connectivity index (χ2n) is 9.86. The Morgan fingerprint density at radius 2 is 1.82 bits per heavy atom. The lowest BCUT2D eigenvalue weighted by Crippen LogP contribution is -2.64. The van der Waals surface area contributed by atoms with E-state index in [4.69, 9.17) is 9.47 Å². The molecule has 2 saturated heterocycles. The molecule has 1 spiro atoms. The number of amides is 1. The van der Waals surface area contributed by atoms with Crippen molar-refractivity contribution in [2.45, 2.75) is 64.7 Å². The summed E-state index contributed by atoms with van der Waals surface area (Å²) in [6, 6.07) is 7.53. The number of hydrogen-bond donors (Lipinski definition) is 0. The molecule has 2 fully saturated rings. The summed E-state index contributed by atoms with van der Waals surface area (Å²) in [5.41, 5.74) is 1.22. The van der Waals surface area contributed by atoms with Gasteiger partial charge >= 0.3 is 0 Å². The molecule has 0 atom stereocenters. The third-order valence-electron chi connectivity index (χ3n) is 6.45. The lowest BCUT2D eigenvalue weighted by atomic mass is 9.86. The fourth-order valence-electron chi connectivity index (χ4n) is 4.50. The second-order valence-corrected chi connectivity index (χ2v) is 9.86. The van der Waals surface area contributed by atoms with E-state index in [1.165, 1.54) is 0 Å². The van der Waals surface area contributed by atoms with Crippen LogP contribution in [0.4, 0.5) is 5.95 Å². The Kier molecular flexibility index (Phi) is 7.54. The van der Waals surface area contributed by atoms with Gasteiger partial charge in [-0.05, 0) is 77.3 Å². The van der Waals surface area contributed by atoms with Crippen molar-refractivity contribution < 1.29 is 14.3 Å². The van der Waals surface area contributed by atoms with E-state index in [1.54, 1.807) is 12.4 Å². The van der Waals surface area contributed by atoms with Crippen LogP contribution in [-0.2, 0) is 4.74 Å². The Morgan fingerprint density at radius 3 is 2.42 bits per heavy atom. The maximum atomic E-state index is 13.2. The molecule has 0 N–H and O–H groups in total. The third-order valence-corrected chi connectivity index (χ3v) is 6.45. The van der Waals surface area contributed by atoms with E-state index >= 15 is 0 Å². The molecule has 180 valence electrons. The number of ether oxygens (including phenoxy) is 2. The van der Waals surface area contributed by atoms with Gasteiger partial charge in [-0.2, -0.15) is 0 Å². The number of nitrogens with zero attached hydrogens (tertiary/aromatic N) is 4. The Hall–Kier alpha value is -2.38. The fourth-order valence-corrected chi connectivity index (χ4v) is 4.50. The summed E-state index contributed by atoms with van der Waals surface area (Å²) in [6.45, 7) is 13.0. The van der Waals surface area contributed by atoms with Crippen molar-refractivity contribution in [3.05, 3.63) is 47.8 Å². The number of morpholine rings is 1. The van der Waals surface area contributed by atoms with Crippen LogP contribution in [0.5, 0.6) is 5.75 Å². The number of anilines is 1. The Morgan fingerprint density at radius 1 is 1.15 bits per heavy atom. The molecule has 0 radical (unpaired) electrons. The third kappa shape index (κ3) is 5.41. The zero-order valence-electron chi connectivity index (χ0n) is 20.2. The lowest BCUT2D eigenvalue weighted by molar-refractivity contribution is -0.113. The summed E-state index contributed by atoms with van der Waals surface area (Å²) in [5, 5.41) is 0. The van der Waals surface area contributed by atoms with E-state index in [0.29, 0.717) is 25.3 Å². The monoisotopic (exact) mass is 474 g/mol. The number of aromatic nitrogens is 2. The van der Waals surface area contributed by atoms with Crippen LogP contribution in [0, 0.1) is 6.92 Å². The highest BCUT2D eigenvalue weighted by Gasteiger charge is 2.47. The molecule has 1 aromatic carbocycles. The van der Waals surface area contributed by atoms with Crippen LogP contribution in [0.15, 0.2) is 36.7 Å². The molecule has 1 aromatic heterocycles. The molecule has 2 aliphatic heterocycles. The molecular formula is C25H35ClN4O3. The number of carbonyl (C=O) groups is 1. The van der Waals surface area contributed by atoms with Gasteiger partial charge in [-0.3, -0.25) is 4.79 Å². The minimum Gasteiger partial charge on any atom is -0.491 e. The first-order chi connectivity index (χ1) is 15.2. The van der Waals surface area contributed by atoms with Gasteiger partial charge in [0.15, 0.2) is 0 Å². The predicted molar refractivity (Wildman–Crippen MR) is 131 cm³/mol. The minimum absolute atomic E-state index is 0. The highest BCUT2D eigenvalue weighted by Crippen LogP contribution is 2.37. The van der Waals surface area contributed by atoms with Gasteiger partial charge in [0.1, 0.15) is 5.75 Å². The molecule has 2 aromatic rings. The van der Waals surface area contributed by atoms with Gasteiger partial charge in [0.2, 0.25) is 5.95 Å². The van der Waals surface area contributed by atoms with Crippen molar-refractivity contribution in [2.24, 2.45) is 0 Å². The maximum absolute atomic E-state index is 13.2. The molecule has 1 amide bonds. The summed E-state index contributed by atoms with van der Waals surface area (Å²) in [4.78, 5) is 26.3. The van der Waals surface area contributed by atoms with E-state index in [9.17, 15) is 4.79 Å². The number of benzene rings is 1. The van der Waals surface area contributed by atoms with Crippen LogP contribution in [0.2, 0.25) is 0 Å². The molecule has 8 heteroatoms. The first kappa shape index (κ1) is 25.2. The van der Waals surface area contributed by atoms with E-state index in [-0.39, 0.29) is 35.6 Å². The normalized spacial score (nSPS) is 19.3. The number of rotatable bonds is 4. The number of aryl methyl sites for hydroxylation is 1. The first-order valence-corrected chi connectivity index (χ1v) is 11.4. The minimum atomic E-state index is -0.281. The van der Waals surface area contributed by atoms with E-state index < -0.39 is 0 Å². The quantitative estimate of drug-likeness (QED) is 0.658. The number of hydrogen-bond acceptors (Lipinski definition) is 6. The van der Waals surface area contributed by atoms with Crippen molar-refractivity contribution in [1.82, 2.24) is 14.9 Å². The van der Waals surface area contributed by atoms with Crippen LogP contribution in [0.1, 0.15) is 56.5 Å². The van der Waals surface area contributed by atoms with E-state index in [0.717, 1.165) is 36.6 Å². The smallest absolute Gasteiger partial charge is 0.253 e. The molecule has 7 nitrogen and oxygen atoms in total. The average molecular weight is 475 g/mol. The predicted octanol–water partition coefficient (Wildman–Crippen LogP) is 4.28. The van der Waals surface area contributed by atoms with Crippen molar-refractivity contribution in [1.29, 1.82) is 0 Å². The topological polar surface area (TPSA) is 67.8 Å². The molecular weight excluding hydrogens is 440 g/mol. The molecule has 3 heterocycles. The number of halogens is 1. The summed E-state index contributed by atoms with van der Waals surface area (Å²) in [6.07, 6.45) is 5.26. The van der Waals surface area contributed by atoms with Gasteiger partial charge in [-0.15, -0.1) is 12.4 Å². The summed E-state index contributed by atoms with van der Waals surface area (Å²) >= 11 is 0. The van der Waals surface area contributed by atoms with Gasteiger partial charge in [0.25, 0.3) is 5.91 Å². The molecule has 0 bridgehead atoms. The summed E-state index contributed by atoms with van der Waals surface area (Å²) in [7, 11) is 0. The average Bonchev–Trinajstić information content (AvgIpc) is 2.77. The fraction of sp³-hybridized carbons (Fsp3) is 0.560. The van der Waals surface area contributed by atoms with Crippen LogP contribution < -0.4 is 9.64 Å². The summed E-state index contributed by atoms with van der Waals surface area (Å²) < 4.78 is 12.2. The van der Waals surface area contributed by atoms with Gasteiger partial charge in [-0.25, -0.2) is 9.97 Å². The second kappa shape index (κ2) is 9.85. The van der Waals surface area contributed by atoms with E-state index in [1.807, 2.05) is 49.9 Å².